The summed E-state index contributed by atoms with van der Waals surface area (Å²) in [6.45, 7) is 1.25. The monoisotopic (exact) mass is 410 g/mol. The van der Waals surface area contributed by atoms with Crippen LogP contribution in [0.1, 0.15) is 24.8 Å². The topological polar surface area (TPSA) is 44.1 Å². The van der Waals surface area contributed by atoms with Crippen molar-refractivity contribution in [1.82, 2.24) is 4.90 Å². The van der Waals surface area contributed by atoms with Gasteiger partial charge in [-0.3, -0.25) is 0 Å². The Morgan fingerprint density at radius 2 is 1.81 bits per heavy atom. The van der Waals surface area contributed by atoms with E-state index in [9.17, 15) is 4.79 Å². The van der Waals surface area contributed by atoms with E-state index in [0.29, 0.717) is 17.3 Å². The molecule has 1 atom stereocenters. The summed E-state index contributed by atoms with van der Waals surface area (Å²) in [5.74, 6) is 0. The number of rotatable bonds is 7. The van der Waals surface area contributed by atoms with Gasteiger partial charge in [-0.1, -0.05) is 0 Å². The van der Waals surface area contributed by atoms with E-state index in [1.807, 2.05) is 54.6 Å². The average Bonchev–Trinajstić information content (AvgIpc) is 2.69. The van der Waals surface area contributed by atoms with Crippen LogP contribution in [0, 0.1) is 11.3 Å². The van der Waals surface area contributed by atoms with Gasteiger partial charge in [0.2, 0.25) is 0 Å². The Balaban J connectivity index is 1.69. The van der Waals surface area contributed by atoms with E-state index in [0.717, 1.165) is 35.8 Å². The van der Waals surface area contributed by atoms with Crippen LogP contribution in [0.3, 0.4) is 0 Å². The zero-order chi connectivity index (χ0) is 18.2. The summed E-state index contributed by atoms with van der Waals surface area (Å²) in [4.78, 5) is 15.0. The summed E-state index contributed by atoms with van der Waals surface area (Å²) < 4.78 is 1.43. The second-order valence-corrected chi connectivity index (χ2v) is 8.82. The van der Waals surface area contributed by atoms with Crippen molar-refractivity contribution in [3.05, 3.63) is 77.9 Å². The molecule has 0 bridgehead atoms. The van der Waals surface area contributed by atoms with Gasteiger partial charge in [-0.25, -0.2) is 0 Å². The Morgan fingerprint density at radius 1 is 1.12 bits per heavy atom. The first-order valence-corrected chi connectivity index (χ1v) is 10.6. The van der Waals surface area contributed by atoms with Crippen molar-refractivity contribution >= 4 is 24.1 Å². The van der Waals surface area contributed by atoms with Crippen molar-refractivity contribution in [3.8, 4) is 6.07 Å². The SMILES string of the molecule is N#CC1=CCC(N(CC(=O)[Se]c2ccccc2)Cc2ccccc2)CC1. The zero-order valence-corrected chi connectivity index (χ0v) is 16.4. The van der Waals surface area contributed by atoms with Crippen LogP contribution in [-0.4, -0.2) is 37.1 Å². The fraction of sp³-hybridized carbons (Fsp3) is 0.273. The molecule has 0 radical (unpaired) electrons. The van der Waals surface area contributed by atoms with Gasteiger partial charge in [-0.05, 0) is 0 Å². The Hall–Kier alpha value is -2.18. The van der Waals surface area contributed by atoms with E-state index in [4.69, 9.17) is 5.26 Å². The second kappa shape index (κ2) is 9.50. The molecule has 0 aliphatic heterocycles. The third-order valence-corrected chi connectivity index (χ3v) is 6.39. The maximum atomic E-state index is 12.7. The molecule has 0 saturated heterocycles. The molecular weight excluding hydrogens is 387 g/mol. The van der Waals surface area contributed by atoms with Crippen LogP contribution in [0.15, 0.2) is 72.3 Å². The standard InChI is InChI=1S/C22H22N2OSe/c23-15-18-11-13-20(14-12-18)24(16-19-7-3-1-4-8-19)17-22(25)26-21-9-5-2-6-10-21/h1-11,20H,12-14,16-17H2. The van der Waals surface area contributed by atoms with E-state index >= 15 is 0 Å². The molecule has 0 fully saturated rings. The third kappa shape index (κ3) is 5.41. The van der Waals surface area contributed by atoms with Gasteiger partial charge in [0.1, 0.15) is 0 Å². The molecule has 1 unspecified atom stereocenters. The predicted molar refractivity (Wildman–Crippen MR) is 105 cm³/mol. The summed E-state index contributed by atoms with van der Waals surface area (Å²) >= 11 is -0.154. The van der Waals surface area contributed by atoms with Crippen molar-refractivity contribution in [3.63, 3.8) is 0 Å². The maximum absolute atomic E-state index is 12.7. The van der Waals surface area contributed by atoms with Crippen molar-refractivity contribution in [2.24, 2.45) is 0 Å². The van der Waals surface area contributed by atoms with Crippen molar-refractivity contribution in [1.29, 1.82) is 5.26 Å². The van der Waals surface area contributed by atoms with Gasteiger partial charge in [0.25, 0.3) is 0 Å². The van der Waals surface area contributed by atoms with Crippen LogP contribution in [0.5, 0.6) is 0 Å². The molecule has 0 amide bonds. The molecule has 26 heavy (non-hydrogen) atoms. The first-order chi connectivity index (χ1) is 12.7. The summed E-state index contributed by atoms with van der Waals surface area (Å²) in [6, 6.07) is 22.9. The van der Waals surface area contributed by atoms with Crippen molar-refractivity contribution < 1.29 is 4.79 Å². The van der Waals surface area contributed by atoms with E-state index in [1.165, 1.54) is 5.56 Å². The van der Waals surface area contributed by atoms with Crippen LogP contribution in [0.4, 0.5) is 0 Å². The molecule has 2 aromatic rings. The molecule has 3 nitrogen and oxygen atoms in total. The van der Waals surface area contributed by atoms with Gasteiger partial charge < -0.3 is 0 Å². The Bertz CT molecular complexity index is 796. The minimum absolute atomic E-state index is 0.154. The third-order valence-electron chi connectivity index (χ3n) is 4.58. The van der Waals surface area contributed by atoms with Gasteiger partial charge in [-0.15, -0.1) is 0 Å². The summed E-state index contributed by atoms with van der Waals surface area (Å²) in [5.41, 5.74) is 2.10. The first-order valence-electron chi connectivity index (χ1n) is 8.87. The van der Waals surface area contributed by atoms with Gasteiger partial charge >= 0.3 is 161 Å². The van der Waals surface area contributed by atoms with Crippen molar-refractivity contribution in [2.75, 3.05) is 6.54 Å². The minimum atomic E-state index is -0.154. The van der Waals surface area contributed by atoms with Crippen molar-refractivity contribution in [2.45, 2.75) is 31.8 Å². The van der Waals surface area contributed by atoms with Gasteiger partial charge in [0.05, 0.1) is 0 Å². The number of nitrogens with zero attached hydrogens (tertiary/aromatic N) is 2. The number of benzene rings is 2. The Morgan fingerprint density at radius 3 is 2.42 bits per heavy atom. The quantitative estimate of drug-likeness (QED) is 0.661. The molecule has 0 aromatic heterocycles. The molecule has 4 heteroatoms. The zero-order valence-electron chi connectivity index (χ0n) is 14.7. The van der Waals surface area contributed by atoms with Crippen LogP contribution in [0.2, 0.25) is 0 Å². The van der Waals surface area contributed by atoms with Crippen LogP contribution >= 0.6 is 0 Å². The Kier molecular flexibility index (Phi) is 6.80. The molecule has 0 spiro atoms. The van der Waals surface area contributed by atoms with E-state index in [1.54, 1.807) is 0 Å². The molecule has 3 rings (SSSR count). The number of nitriles is 1. The van der Waals surface area contributed by atoms with Gasteiger partial charge in [0.15, 0.2) is 0 Å². The van der Waals surface area contributed by atoms with Gasteiger partial charge in [-0.2, -0.15) is 0 Å². The van der Waals surface area contributed by atoms with Crippen LogP contribution in [-0.2, 0) is 11.3 Å². The number of carbonyl (C=O) groups excluding carboxylic acids is 1. The average molecular weight is 409 g/mol. The Labute approximate surface area is 161 Å². The van der Waals surface area contributed by atoms with Crippen LogP contribution in [0.25, 0.3) is 0 Å². The fourth-order valence-corrected chi connectivity index (χ4v) is 4.85. The first kappa shape index (κ1) is 18.6. The number of hydrogen-bond donors (Lipinski definition) is 0. The molecule has 2 aromatic carbocycles. The fourth-order valence-electron chi connectivity index (χ4n) is 3.20. The molecule has 0 saturated carbocycles. The summed E-state index contributed by atoms with van der Waals surface area (Å²) in [7, 11) is 0. The predicted octanol–water partition coefficient (Wildman–Crippen LogP) is 3.05. The number of allylic oxidation sites excluding steroid dienone is 1. The molecule has 1 aliphatic rings. The van der Waals surface area contributed by atoms with E-state index in [2.05, 4.69) is 23.1 Å². The second-order valence-electron chi connectivity index (χ2n) is 6.45. The van der Waals surface area contributed by atoms with Gasteiger partial charge in [0, 0.05) is 0 Å². The van der Waals surface area contributed by atoms with E-state index in [-0.39, 0.29) is 15.0 Å². The number of carbonyl (C=O) groups is 1. The van der Waals surface area contributed by atoms with E-state index < -0.39 is 0 Å². The summed E-state index contributed by atoms with van der Waals surface area (Å²) in [6.07, 6.45) is 4.64. The molecular formula is C22H22N2OSe. The molecule has 0 heterocycles. The molecule has 132 valence electrons. The summed E-state index contributed by atoms with van der Waals surface area (Å²) in [5, 5.41) is 9.08. The molecule has 1 aliphatic carbocycles. The number of hydrogen-bond acceptors (Lipinski definition) is 3. The molecule has 0 N–H and O–H groups in total. The van der Waals surface area contributed by atoms with Crippen LogP contribution < -0.4 is 4.46 Å². The normalized spacial score (nSPS) is 16.8.